The van der Waals surface area contributed by atoms with Gasteiger partial charge in [-0.2, -0.15) is 0 Å². The quantitative estimate of drug-likeness (QED) is 0.720. The van der Waals surface area contributed by atoms with Crippen LogP contribution in [0.15, 0.2) is 48.5 Å². The molecule has 0 heterocycles. The first-order chi connectivity index (χ1) is 11.7. The van der Waals surface area contributed by atoms with E-state index in [1.54, 1.807) is 6.08 Å². The van der Waals surface area contributed by atoms with Gasteiger partial charge in [0.15, 0.2) is 0 Å². The number of carboxylic acid groups (broad SMARTS) is 1. The van der Waals surface area contributed by atoms with Gasteiger partial charge in [-0.05, 0) is 57.6 Å². The molecular formula is C23H26O2. The molecule has 3 rings (SSSR count). The van der Waals surface area contributed by atoms with Gasteiger partial charge in [-0.3, -0.25) is 0 Å². The normalized spacial score (nSPS) is 18.1. The smallest absolute Gasteiger partial charge is 0.328 e. The van der Waals surface area contributed by atoms with Crippen molar-refractivity contribution in [3.8, 4) is 11.1 Å². The fourth-order valence-electron chi connectivity index (χ4n) is 3.72. The van der Waals surface area contributed by atoms with E-state index in [-0.39, 0.29) is 10.8 Å². The van der Waals surface area contributed by atoms with Crippen LogP contribution in [0.4, 0.5) is 0 Å². The summed E-state index contributed by atoms with van der Waals surface area (Å²) in [5.74, 6) is -0.927. The molecule has 25 heavy (non-hydrogen) atoms. The molecule has 0 aromatic heterocycles. The van der Waals surface area contributed by atoms with Crippen molar-refractivity contribution in [1.29, 1.82) is 0 Å². The molecule has 0 amide bonds. The zero-order valence-corrected chi connectivity index (χ0v) is 15.5. The number of hydrogen-bond donors (Lipinski definition) is 1. The first-order valence-corrected chi connectivity index (χ1v) is 8.85. The maximum atomic E-state index is 10.6. The summed E-state index contributed by atoms with van der Waals surface area (Å²) in [6, 6.07) is 14.9. The maximum Gasteiger partial charge on any atom is 0.328 e. The Morgan fingerprint density at radius 2 is 1.44 bits per heavy atom. The second-order valence-corrected chi connectivity index (χ2v) is 8.32. The van der Waals surface area contributed by atoms with Crippen molar-refractivity contribution in [2.24, 2.45) is 0 Å². The highest BCUT2D eigenvalue weighted by atomic mass is 16.4. The van der Waals surface area contributed by atoms with Crippen LogP contribution >= 0.6 is 0 Å². The van der Waals surface area contributed by atoms with E-state index < -0.39 is 5.97 Å². The number of carboxylic acids is 1. The van der Waals surface area contributed by atoms with Crippen molar-refractivity contribution < 1.29 is 9.90 Å². The van der Waals surface area contributed by atoms with Crippen molar-refractivity contribution in [2.45, 2.75) is 51.4 Å². The van der Waals surface area contributed by atoms with Crippen molar-refractivity contribution in [1.82, 2.24) is 0 Å². The average Bonchev–Trinajstić information content (AvgIpc) is 2.57. The Labute approximate surface area is 150 Å². The van der Waals surface area contributed by atoms with Gasteiger partial charge in [0.2, 0.25) is 0 Å². The Balaban J connectivity index is 1.98. The van der Waals surface area contributed by atoms with Gasteiger partial charge in [0.1, 0.15) is 0 Å². The molecule has 0 fully saturated rings. The van der Waals surface area contributed by atoms with Crippen LogP contribution in [-0.4, -0.2) is 11.1 Å². The Bertz CT molecular complexity index is 824. The second-order valence-electron chi connectivity index (χ2n) is 8.32. The minimum Gasteiger partial charge on any atom is -0.478 e. The largest absolute Gasteiger partial charge is 0.478 e. The lowest BCUT2D eigenvalue weighted by molar-refractivity contribution is -0.131. The monoisotopic (exact) mass is 334 g/mol. The fourth-order valence-corrected chi connectivity index (χ4v) is 3.72. The minimum absolute atomic E-state index is 0.199. The number of rotatable bonds is 3. The third-order valence-electron chi connectivity index (χ3n) is 5.52. The van der Waals surface area contributed by atoms with E-state index in [0.29, 0.717) is 0 Å². The molecule has 1 aliphatic rings. The van der Waals surface area contributed by atoms with E-state index in [4.69, 9.17) is 5.11 Å². The average molecular weight is 334 g/mol. The highest BCUT2D eigenvalue weighted by Crippen LogP contribution is 2.46. The standard InChI is InChI=1S/C23H26O2/c1-22(2)13-14-23(3,4)20-15-18(10-11-19(20)22)17-8-5-16(6-9-17)7-12-21(24)25/h5-12,15H,13-14H2,1-4H3,(H,24,25). The molecule has 130 valence electrons. The topological polar surface area (TPSA) is 37.3 Å². The third kappa shape index (κ3) is 3.53. The molecule has 0 saturated carbocycles. The molecule has 0 unspecified atom stereocenters. The zero-order chi connectivity index (χ0) is 18.2. The van der Waals surface area contributed by atoms with Crippen molar-refractivity contribution in [2.75, 3.05) is 0 Å². The summed E-state index contributed by atoms with van der Waals surface area (Å²) in [5, 5.41) is 8.72. The number of benzene rings is 2. The number of fused-ring (bicyclic) bond motifs is 1. The number of hydrogen-bond acceptors (Lipinski definition) is 1. The van der Waals surface area contributed by atoms with Gasteiger partial charge in [0.25, 0.3) is 0 Å². The first-order valence-electron chi connectivity index (χ1n) is 8.85. The molecule has 2 heteroatoms. The molecular weight excluding hydrogens is 308 g/mol. The van der Waals surface area contributed by atoms with Crippen LogP contribution < -0.4 is 0 Å². The summed E-state index contributed by atoms with van der Waals surface area (Å²) in [7, 11) is 0. The molecule has 0 atom stereocenters. The van der Waals surface area contributed by atoms with E-state index in [1.807, 2.05) is 12.1 Å². The Hall–Kier alpha value is -2.35. The predicted molar refractivity (Wildman–Crippen MR) is 104 cm³/mol. The van der Waals surface area contributed by atoms with Gasteiger partial charge in [0, 0.05) is 6.08 Å². The Morgan fingerprint density at radius 1 is 0.880 bits per heavy atom. The van der Waals surface area contributed by atoms with Gasteiger partial charge < -0.3 is 5.11 Å². The number of carbonyl (C=O) groups is 1. The van der Waals surface area contributed by atoms with Gasteiger partial charge in [-0.25, -0.2) is 4.79 Å². The molecule has 2 nitrogen and oxygen atoms in total. The lowest BCUT2D eigenvalue weighted by Crippen LogP contribution is -2.33. The van der Waals surface area contributed by atoms with E-state index in [0.717, 1.165) is 11.1 Å². The van der Waals surface area contributed by atoms with E-state index in [2.05, 4.69) is 58.0 Å². The van der Waals surface area contributed by atoms with Crippen molar-refractivity contribution in [3.05, 3.63) is 65.2 Å². The SMILES string of the molecule is CC1(C)CCC(C)(C)c2cc(-c3ccc(C=CC(=O)O)cc3)ccc21. The Morgan fingerprint density at radius 3 is 2.04 bits per heavy atom. The highest BCUT2D eigenvalue weighted by Gasteiger charge is 2.36. The summed E-state index contributed by atoms with van der Waals surface area (Å²) in [6.45, 7) is 9.35. The van der Waals surface area contributed by atoms with Gasteiger partial charge in [-0.15, -0.1) is 0 Å². The van der Waals surface area contributed by atoms with E-state index in [9.17, 15) is 4.79 Å². The molecule has 1 N–H and O–H groups in total. The maximum absolute atomic E-state index is 10.6. The van der Waals surface area contributed by atoms with Crippen LogP contribution in [0.3, 0.4) is 0 Å². The van der Waals surface area contributed by atoms with Crippen molar-refractivity contribution in [3.63, 3.8) is 0 Å². The van der Waals surface area contributed by atoms with E-state index >= 15 is 0 Å². The minimum atomic E-state index is -0.927. The second kappa shape index (κ2) is 6.18. The first kappa shape index (κ1) is 17.5. The van der Waals surface area contributed by atoms with Crippen LogP contribution in [0.5, 0.6) is 0 Å². The van der Waals surface area contributed by atoms with Gasteiger partial charge in [0.05, 0.1) is 0 Å². The lowest BCUT2D eigenvalue weighted by atomic mass is 9.63. The predicted octanol–water partition coefficient (Wildman–Crippen LogP) is 5.80. The number of aliphatic carboxylic acids is 1. The fraction of sp³-hybridized carbons (Fsp3) is 0.348. The molecule has 0 spiro atoms. The summed E-state index contributed by atoms with van der Waals surface area (Å²) in [4.78, 5) is 10.6. The molecule has 0 bridgehead atoms. The summed E-state index contributed by atoms with van der Waals surface area (Å²) in [6.07, 6.45) is 5.20. The summed E-state index contributed by atoms with van der Waals surface area (Å²) in [5.41, 5.74) is 6.63. The van der Waals surface area contributed by atoms with Crippen LogP contribution in [0.2, 0.25) is 0 Å². The molecule has 2 aromatic carbocycles. The van der Waals surface area contributed by atoms with Crippen LogP contribution in [0.25, 0.3) is 17.2 Å². The molecule has 0 radical (unpaired) electrons. The molecule has 2 aromatic rings. The lowest BCUT2D eigenvalue weighted by Gasteiger charge is -2.42. The highest BCUT2D eigenvalue weighted by molar-refractivity contribution is 5.85. The van der Waals surface area contributed by atoms with Crippen molar-refractivity contribution >= 4 is 12.0 Å². The van der Waals surface area contributed by atoms with Crippen LogP contribution in [0.1, 0.15) is 57.2 Å². The molecule has 0 saturated heterocycles. The van der Waals surface area contributed by atoms with Gasteiger partial charge in [-0.1, -0.05) is 70.2 Å². The summed E-state index contributed by atoms with van der Waals surface area (Å²) < 4.78 is 0. The zero-order valence-electron chi connectivity index (χ0n) is 15.5. The van der Waals surface area contributed by atoms with Crippen LogP contribution in [0, 0.1) is 0 Å². The molecule has 1 aliphatic carbocycles. The van der Waals surface area contributed by atoms with E-state index in [1.165, 1.54) is 35.6 Å². The van der Waals surface area contributed by atoms with Gasteiger partial charge >= 0.3 is 5.97 Å². The molecule has 0 aliphatic heterocycles. The Kier molecular flexibility index (Phi) is 4.32. The third-order valence-corrected chi connectivity index (χ3v) is 5.52. The van der Waals surface area contributed by atoms with Crippen LogP contribution in [-0.2, 0) is 15.6 Å². The summed E-state index contributed by atoms with van der Waals surface area (Å²) >= 11 is 0.